The monoisotopic (exact) mass is 270 g/mol. The van der Waals surface area contributed by atoms with Gasteiger partial charge in [-0.1, -0.05) is 23.8 Å². The summed E-state index contributed by atoms with van der Waals surface area (Å²) in [5, 5.41) is 7.55. The van der Waals surface area contributed by atoms with Crippen LogP contribution in [-0.2, 0) is 6.61 Å². The maximum absolute atomic E-state index is 7.55. The predicted octanol–water partition coefficient (Wildman–Crippen LogP) is 2.87. The second kappa shape index (κ2) is 6.10. The number of nitrogen functional groups attached to an aromatic ring is 1. The molecule has 0 radical (unpaired) electrons. The summed E-state index contributed by atoms with van der Waals surface area (Å²) in [6.07, 6.45) is 0. The van der Waals surface area contributed by atoms with E-state index >= 15 is 0 Å². The molecule has 0 atom stereocenters. The first kappa shape index (κ1) is 13.9. The standard InChI is InChI=1S/C16H18N2O2/c1-11-3-6-13(7-4-11)20-10-12-5-8-15(19-2)14(9-12)16(17)18/h3-9H,10H2,1-2H3,(H3,17,18). The van der Waals surface area contributed by atoms with Gasteiger partial charge in [0.15, 0.2) is 0 Å². The molecule has 0 bridgehead atoms. The van der Waals surface area contributed by atoms with E-state index in [1.54, 1.807) is 13.2 Å². The van der Waals surface area contributed by atoms with Gasteiger partial charge in [0, 0.05) is 0 Å². The van der Waals surface area contributed by atoms with Crippen LogP contribution in [0.25, 0.3) is 0 Å². The van der Waals surface area contributed by atoms with E-state index in [-0.39, 0.29) is 5.84 Å². The van der Waals surface area contributed by atoms with Crippen molar-refractivity contribution in [2.24, 2.45) is 5.73 Å². The number of rotatable bonds is 5. The predicted molar refractivity (Wildman–Crippen MR) is 79.5 cm³/mol. The SMILES string of the molecule is COc1ccc(COc2ccc(C)cc2)cc1C(=N)N. The van der Waals surface area contributed by atoms with Gasteiger partial charge in [0.05, 0.1) is 12.7 Å². The summed E-state index contributed by atoms with van der Waals surface area (Å²) in [7, 11) is 1.56. The Kier molecular flexibility index (Phi) is 4.25. The Labute approximate surface area is 118 Å². The maximum atomic E-state index is 7.55. The number of hydrogen-bond acceptors (Lipinski definition) is 3. The van der Waals surface area contributed by atoms with Crippen LogP contribution in [0.3, 0.4) is 0 Å². The van der Waals surface area contributed by atoms with Crippen molar-refractivity contribution in [1.82, 2.24) is 0 Å². The van der Waals surface area contributed by atoms with Crippen molar-refractivity contribution in [2.45, 2.75) is 13.5 Å². The molecule has 0 saturated carbocycles. The summed E-state index contributed by atoms with van der Waals surface area (Å²) in [5.41, 5.74) is 8.26. The van der Waals surface area contributed by atoms with Gasteiger partial charge >= 0.3 is 0 Å². The molecular weight excluding hydrogens is 252 g/mol. The summed E-state index contributed by atoms with van der Waals surface area (Å²) >= 11 is 0. The Morgan fingerprint density at radius 2 is 1.85 bits per heavy atom. The number of aryl methyl sites for hydroxylation is 1. The number of nitrogens with two attached hydrogens (primary N) is 1. The fraction of sp³-hybridized carbons (Fsp3) is 0.188. The summed E-state index contributed by atoms with van der Waals surface area (Å²) in [6.45, 7) is 2.46. The topological polar surface area (TPSA) is 68.3 Å². The second-order valence-electron chi connectivity index (χ2n) is 4.55. The third-order valence-corrected chi connectivity index (χ3v) is 2.98. The van der Waals surface area contributed by atoms with Crippen molar-refractivity contribution in [3.05, 3.63) is 59.2 Å². The third kappa shape index (κ3) is 3.29. The highest BCUT2D eigenvalue weighted by molar-refractivity contribution is 5.97. The van der Waals surface area contributed by atoms with Gasteiger partial charge in [-0.05, 0) is 36.8 Å². The van der Waals surface area contributed by atoms with Crippen LogP contribution in [0.2, 0.25) is 0 Å². The smallest absolute Gasteiger partial charge is 0.129 e. The molecule has 0 aliphatic rings. The van der Waals surface area contributed by atoms with E-state index in [1.165, 1.54) is 5.56 Å². The van der Waals surface area contributed by atoms with Crippen molar-refractivity contribution in [3.63, 3.8) is 0 Å². The first-order chi connectivity index (χ1) is 9.60. The lowest BCUT2D eigenvalue weighted by Gasteiger charge is -2.11. The Hall–Kier alpha value is -2.49. The van der Waals surface area contributed by atoms with Crippen molar-refractivity contribution in [1.29, 1.82) is 5.41 Å². The highest BCUT2D eigenvalue weighted by Crippen LogP contribution is 2.20. The van der Waals surface area contributed by atoms with Crippen LogP contribution in [0, 0.1) is 12.3 Å². The number of ether oxygens (including phenoxy) is 2. The summed E-state index contributed by atoms with van der Waals surface area (Å²) in [4.78, 5) is 0. The minimum Gasteiger partial charge on any atom is -0.496 e. The Balaban J connectivity index is 2.11. The van der Waals surface area contributed by atoms with Crippen LogP contribution in [0.5, 0.6) is 11.5 Å². The zero-order valence-electron chi connectivity index (χ0n) is 11.6. The molecule has 0 saturated heterocycles. The van der Waals surface area contributed by atoms with E-state index in [1.807, 2.05) is 43.3 Å². The molecule has 0 aromatic heterocycles. The Morgan fingerprint density at radius 3 is 2.45 bits per heavy atom. The minimum atomic E-state index is -0.0148. The van der Waals surface area contributed by atoms with E-state index in [2.05, 4.69) is 0 Å². The molecule has 2 aromatic carbocycles. The number of hydrogen-bond donors (Lipinski definition) is 2. The van der Waals surface area contributed by atoms with Crippen LogP contribution >= 0.6 is 0 Å². The first-order valence-corrected chi connectivity index (χ1v) is 6.31. The van der Waals surface area contributed by atoms with Crippen molar-refractivity contribution in [3.8, 4) is 11.5 Å². The normalized spacial score (nSPS) is 10.1. The van der Waals surface area contributed by atoms with Gasteiger partial charge in [-0.15, -0.1) is 0 Å². The number of methoxy groups -OCH3 is 1. The zero-order chi connectivity index (χ0) is 14.5. The van der Waals surface area contributed by atoms with Gasteiger partial charge in [0.25, 0.3) is 0 Å². The molecule has 20 heavy (non-hydrogen) atoms. The minimum absolute atomic E-state index is 0.0148. The molecular formula is C16H18N2O2. The molecule has 0 aliphatic carbocycles. The molecule has 0 aliphatic heterocycles. The molecule has 3 N–H and O–H groups in total. The summed E-state index contributed by atoms with van der Waals surface area (Å²) in [5.74, 6) is 1.39. The highest BCUT2D eigenvalue weighted by Gasteiger charge is 2.07. The highest BCUT2D eigenvalue weighted by atomic mass is 16.5. The van der Waals surface area contributed by atoms with E-state index in [0.29, 0.717) is 17.9 Å². The van der Waals surface area contributed by atoms with Gasteiger partial charge in [-0.2, -0.15) is 0 Å². The third-order valence-electron chi connectivity index (χ3n) is 2.98. The Bertz CT molecular complexity index is 606. The molecule has 2 rings (SSSR count). The molecule has 0 amide bonds. The number of nitrogens with one attached hydrogen (secondary N) is 1. The van der Waals surface area contributed by atoms with Gasteiger partial charge in [-0.3, -0.25) is 5.41 Å². The van der Waals surface area contributed by atoms with Crippen molar-refractivity contribution < 1.29 is 9.47 Å². The number of amidine groups is 1. The summed E-state index contributed by atoms with van der Waals surface area (Å²) < 4.78 is 10.9. The summed E-state index contributed by atoms with van der Waals surface area (Å²) in [6, 6.07) is 13.4. The lowest BCUT2D eigenvalue weighted by Crippen LogP contribution is -2.13. The second-order valence-corrected chi connectivity index (χ2v) is 4.55. The van der Waals surface area contributed by atoms with Crippen LogP contribution < -0.4 is 15.2 Å². The van der Waals surface area contributed by atoms with Crippen LogP contribution in [0.4, 0.5) is 0 Å². The van der Waals surface area contributed by atoms with Crippen LogP contribution in [-0.4, -0.2) is 12.9 Å². The molecule has 4 nitrogen and oxygen atoms in total. The van der Waals surface area contributed by atoms with Crippen molar-refractivity contribution >= 4 is 5.84 Å². The van der Waals surface area contributed by atoms with Crippen LogP contribution in [0.1, 0.15) is 16.7 Å². The average Bonchev–Trinajstić information content (AvgIpc) is 2.46. The average molecular weight is 270 g/mol. The maximum Gasteiger partial charge on any atom is 0.129 e. The van der Waals surface area contributed by atoms with Gasteiger partial charge in [0.2, 0.25) is 0 Å². The van der Waals surface area contributed by atoms with E-state index in [0.717, 1.165) is 11.3 Å². The van der Waals surface area contributed by atoms with Crippen LogP contribution in [0.15, 0.2) is 42.5 Å². The fourth-order valence-corrected chi connectivity index (χ4v) is 1.86. The molecule has 0 unspecified atom stereocenters. The molecule has 0 spiro atoms. The Morgan fingerprint density at radius 1 is 1.15 bits per heavy atom. The largest absolute Gasteiger partial charge is 0.496 e. The molecule has 4 heteroatoms. The molecule has 0 heterocycles. The van der Waals surface area contributed by atoms with Gasteiger partial charge in [-0.25, -0.2) is 0 Å². The molecule has 2 aromatic rings. The number of benzene rings is 2. The molecule has 0 fully saturated rings. The fourth-order valence-electron chi connectivity index (χ4n) is 1.86. The van der Waals surface area contributed by atoms with E-state index in [9.17, 15) is 0 Å². The van der Waals surface area contributed by atoms with Gasteiger partial charge in [0.1, 0.15) is 23.9 Å². The quantitative estimate of drug-likeness (QED) is 0.648. The lowest BCUT2D eigenvalue weighted by atomic mass is 10.1. The van der Waals surface area contributed by atoms with Gasteiger partial charge < -0.3 is 15.2 Å². The zero-order valence-corrected chi connectivity index (χ0v) is 11.6. The van der Waals surface area contributed by atoms with E-state index < -0.39 is 0 Å². The van der Waals surface area contributed by atoms with E-state index in [4.69, 9.17) is 20.6 Å². The lowest BCUT2D eigenvalue weighted by molar-refractivity contribution is 0.306. The van der Waals surface area contributed by atoms with Crippen molar-refractivity contribution in [2.75, 3.05) is 7.11 Å². The first-order valence-electron chi connectivity index (χ1n) is 6.31. The molecule has 104 valence electrons.